The first-order chi connectivity index (χ1) is 19.6. The predicted molar refractivity (Wildman–Crippen MR) is 184 cm³/mol. The van der Waals surface area contributed by atoms with Crippen LogP contribution in [-0.4, -0.2) is 22.4 Å². The Labute approximate surface area is 261 Å². The smallest absolute Gasteiger partial charge is 0.0608 e. The topological polar surface area (TPSA) is 40.5 Å². The lowest BCUT2D eigenvalue weighted by Gasteiger charge is -2.36. The van der Waals surface area contributed by atoms with Crippen LogP contribution in [0.4, 0.5) is 0 Å². The molecule has 0 amide bonds. The Hall–Kier alpha value is -1.38. The van der Waals surface area contributed by atoms with Crippen LogP contribution in [0.25, 0.3) is 0 Å². The number of hydrogen-bond acceptors (Lipinski definition) is 2. The maximum atomic E-state index is 10.2. The van der Waals surface area contributed by atoms with Gasteiger partial charge in [0.05, 0.1) is 12.2 Å². The van der Waals surface area contributed by atoms with E-state index in [-0.39, 0.29) is 29.0 Å². The molecule has 2 aliphatic carbocycles. The maximum Gasteiger partial charge on any atom is 0.0608 e. The third-order valence-electron chi connectivity index (χ3n) is 10.2. The first-order valence-electron chi connectivity index (χ1n) is 17.4. The summed E-state index contributed by atoms with van der Waals surface area (Å²) in [5.41, 5.74) is 4.27. The molecule has 2 nitrogen and oxygen atoms in total. The van der Waals surface area contributed by atoms with Crippen molar-refractivity contribution in [2.45, 2.75) is 152 Å². The summed E-state index contributed by atoms with van der Waals surface area (Å²) >= 11 is 0. The first kappa shape index (κ1) is 36.8. The molecular formula is C40H68O2. The molecule has 7 atom stereocenters. The molecule has 0 aliphatic heterocycles. The highest BCUT2D eigenvalue weighted by Crippen LogP contribution is 2.41. The fourth-order valence-electron chi connectivity index (χ4n) is 7.15. The van der Waals surface area contributed by atoms with Gasteiger partial charge in [-0.3, -0.25) is 0 Å². The van der Waals surface area contributed by atoms with Crippen LogP contribution in [0, 0.1) is 40.4 Å². The van der Waals surface area contributed by atoms with Crippen molar-refractivity contribution in [3.63, 3.8) is 0 Å². The monoisotopic (exact) mass is 581 g/mol. The van der Waals surface area contributed by atoms with E-state index < -0.39 is 0 Å². The van der Waals surface area contributed by atoms with E-state index in [9.17, 15) is 10.2 Å². The highest BCUT2D eigenvalue weighted by Gasteiger charge is 2.32. The molecule has 0 heterocycles. The van der Waals surface area contributed by atoms with E-state index in [1.807, 2.05) is 0 Å². The molecule has 4 unspecified atom stereocenters. The second-order valence-electron chi connectivity index (χ2n) is 15.9. The lowest BCUT2D eigenvalue weighted by Crippen LogP contribution is -2.31. The molecule has 0 aromatic heterocycles. The fraction of sp³-hybridized carbons (Fsp3) is 0.750. The van der Waals surface area contributed by atoms with E-state index in [1.54, 1.807) is 0 Å². The van der Waals surface area contributed by atoms with Crippen LogP contribution in [0.1, 0.15) is 140 Å². The summed E-state index contributed by atoms with van der Waals surface area (Å²) in [7, 11) is 0. The summed E-state index contributed by atoms with van der Waals surface area (Å²) in [6, 6.07) is 0. The van der Waals surface area contributed by atoms with E-state index in [2.05, 4.69) is 112 Å². The number of hydrogen-bond donors (Lipinski definition) is 2. The van der Waals surface area contributed by atoms with Crippen molar-refractivity contribution in [2.75, 3.05) is 0 Å². The van der Waals surface area contributed by atoms with Crippen LogP contribution in [-0.2, 0) is 0 Å². The van der Waals surface area contributed by atoms with Gasteiger partial charge in [0.1, 0.15) is 0 Å². The SMILES string of the molecule is CC1=C(/C=C/C(C)/C=C/CC(C)CCCCC(C)CCCC(C)/C=C/C2=C[C@H](C)[C@H](O)CC2(C)C)C(C)(C)C[C@@H](O)C1. The summed E-state index contributed by atoms with van der Waals surface area (Å²) in [4.78, 5) is 0. The standard InChI is InChI=1S/C40H68O2/c1-29(17-13-19-31(3)21-23-35-25-34(6)38(42)28-39(35,7)8)15-11-12-16-30(2)18-14-20-32(4)22-24-37-33(5)26-36(41)27-40(37,9)10/h14,20-25,29-32,34,36,38,41-42H,11-13,15-19,26-28H2,1-10H3/b20-14+,23-21+,24-22+/t29?,30?,31?,32?,34-,36-,38+/m0/s1. The van der Waals surface area contributed by atoms with Crippen LogP contribution in [0.3, 0.4) is 0 Å². The molecule has 0 radical (unpaired) electrons. The quantitative estimate of drug-likeness (QED) is 0.141. The number of unbranched alkanes of at least 4 members (excludes halogenated alkanes) is 1. The molecule has 240 valence electrons. The molecule has 0 fully saturated rings. The van der Waals surface area contributed by atoms with Gasteiger partial charge < -0.3 is 10.2 Å². The molecule has 0 aromatic carbocycles. The third-order valence-corrected chi connectivity index (χ3v) is 10.2. The molecule has 2 N–H and O–H groups in total. The average Bonchev–Trinajstić information content (AvgIpc) is 2.86. The molecule has 42 heavy (non-hydrogen) atoms. The largest absolute Gasteiger partial charge is 0.393 e. The van der Waals surface area contributed by atoms with Gasteiger partial charge in [-0.15, -0.1) is 0 Å². The molecule has 2 rings (SSSR count). The van der Waals surface area contributed by atoms with Gasteiger partial charge in [-0.05, 0) is 84.7 Å². The van der Waals surface area contributed by atoms with Crippen LogP contribution in [0.2, 0.25) is 0 Å². The van der Waals surface area contributed by atoms with Crippen molar-refractivity contribution in [2.24, 2.45) is 40.4 Å². The minimum Gasteiger partial charge on any atom is -0.393 e. The molecule has 0 bridgehead atoms. The second kappa shape index (κ2) is 17.2. The zero-order valence-electron chi connectivity index (χ0n) is 29.3. The number of allylic oxidation sites excluding steroid dienone is 8. The summed E-state index contributed by atoms with van der Waals surface area (Å²) < 4.78 is 0. The summed E-state index contributed by atoms with van der Waals surface area (Å²) in [5.74, 6) is 2.87. The fourth-order valence-corrected chi connectivity index (χ4v) is 7.15. The van der Waals surface area contributed by atoms with E-state index in [0.717, 1.165) is 31.1 Å². The van der Waals surface area contributed by atoms with Gasteiger partial charge in [0.15, 0.2) is 0 Å². The van der Waals surface area contributed by atoms with Crippen LogP contribution >= 0.6 is 0 Å². The Morgan fingerprint density at radius 3 is 2.12 bits per heavy atom. The normalized spacial score (nSPS) is 27.5. The van der Waals surface area contributed by atoms with Gasteiger partial charge in [-0.2, -0.15) is 0 Å². The Morgan fingerprint density at radius 2 is 1.45 bits per heavy atom. The molecule has 2 aliphatic rings. The summed E-state index contributed by atoms with van der Waals surface area (Å²) in [5, 5.41) is 20.4. The summed E-state index contributed by atoms with van der Waals surface area (Å²) in [6.07, 6.45) is 29.0. The average molecular weight is 581 g/mol. The van der Waals surface area contributed by atoms with Crippen LogP contribution < -0.4 is 0 Å². The Balaban J connectivity index is 1.60. The minimum absolute atomic E-state index is 0.0547. The van der Waals surface area contributed by atoms with Crippen LogP contribution in [0.15, 0.2) is 59.3 Å². The first-order valence-corrected chi connectivity index (χ1v) is 17.4. The third kappa shape index (κ3) is 12.7. The zero-order valence-corrected chi connectivity index (χ0v) is 29.3. The van der Waals surface area contributed by atoms with Crippen molar-refractivity contribution in [1.82, 2.24) is 0 Å². The second-order valence-corrected chi connectivity index (χ2v) is 15.9. The van der Waals surface area contributed by atoms with Gasteiger partial charge in [0, 0.05) is 5.92 Å². The zero-order chi connectivity index (χ0) is 31.5. The Kier molecular flexibility index (Phi) is 15.1. The number of aliphatic hydroxyl groups is 2. The maximum absolute atomic E-state index is 10.2. The van der Waals surface area contributed by atoms with Gasteiger partial charge in [-0.25, -0.2) is 0 Å². The van der Waals surface area contributed by atoms with E-state index in [1.165, 1.54) is 68.1 Å². The summed E-state index contributed by atoms with van der Waals surface area (Å²) in [6.45, 7) is 22.8. The van der Waals surface area contributed by atoms with Crippen molar-refractivity contribution in [3.8, 4) is 0 Å². The number of aliphatic hydroxyl groups excluding tert-OH is 2. The Bertz CT molecular complexity index is 958. The van der Waals surface area contributed by atoms with Crippen molar-refractivity contribution in [3.05, 3.63) is 59.3 Å². The minimum atomic E-state index is -0.211. The van der Waals surface area contributed by atoms with E-state index >= 15 is 0 Å². The van der Waals surface area contributed by atoms with Gasteiger partial charge in [-0.1, -0.05) is 149 Å². The van der Waals surface area contributed by atoms with E-state index in [0.29, 0.717) is 11.8 Å². The Morgan fingerprint density at radius 1 is 0.810 bits per heavy atom. The molecule has 2 heteroatoms. The highest BCUT2D eigenvalue weighted by atomic mass is 16.3. The lowest BCUT2D eigenvalue weighted by molar-refractivity contribution is 0.0847. The predicted octanol–water partition coefficient (Wildman–Crippen LogP) is 11.2. The van der Waals surface area contributed by atoms with Gasteiger partial charge >= 0.3 is 0 Å². The molecule has 0 saturated carbocycles. The molecule has 0 saturated heterocycles. The van der Waals surface area contributed by atoms with E-state index in [4.69, 9.17) is 0 Å². The van der Waals surface area contributed by atoms with Gasteiger partial charge in [0.2, 0.25) is 0 Å². The molecular weight excluding hydrogens is 512 g/mol. The lowest BCUT2D eigenvalue weighted by atomic mass is 9.71. The van der Waals surface area contributed by atoms with Crippen molar-refractivity contribution >= 4 is 0 Å². The van der Waals surface area contributed by atoms with Crippen LogP contribution in [0.5, 0.6) is 0 Å². The van der Waals surface area contributed by atoms with Crippen molar-refractivity contribution < 1.29 is 10.2 Å². The number of rotatable bonds is 16. The van der Waals surface area contributed by atoms with Crippen molar-refractivity contribution in [1.29, 1.82) is 0 Å². The molecule has 0 aromatic rings. The highest BCUT2D eigenvalue weighted by molar-refractivity contribution is 5.34. The van der Waals surface area contributed by atoms with Gasteiger partial charge in [0.25, 0.3) is 0 Å². The molecule has 0 spiro atoms.